The second kappa shape index (κ2) is 4.73. The highest BCUT2D eigenvalue weighted by molar-refractivity contribution is 6.06. The van der Waals surface area contributed by atoms with Crippen LogP contribution in [0.4, 0.5) is 0 Å². The van der Waals surface area contributed by atoms with Gasteiger partial charge in [0.25, 0.3) is 0 Å². The van der Waals surface area contributed by atoms with Crippen molar-refractivity contribution in [3.63, 3.8) is 0 Å². The Morgan fingerprint density at radius 3 is 2.90 bits per heavy atom. The summed E-state index contributed by atoms with van der Waals surface area (Å²) in [5.74, 6) is -0.0719. The van der Waals surface area contributed by atoms with Crippen molar-refractivity contribution in [2.45, 2.75) is 0 Å². The third-order valence-electron chi connectivity index (χ3n) is 3.05. The van der Waals surface area contributed by atoms with Gasteiger partial charge >= 0.3 is 0 Å². The first-order valence-electron chi connectivity index (χ1n) is 6.14. The number of benzene rings is 1. The maximum atomic E-state index is 11.9. The van der Waals surface area contributed by atoms with Crippen LogP contribution in [0.2, 0.25) is 0 Å². The average Bonchev–Trinajstić information content (AvgIpc) is 3.03. The van der Waals surface area contributed by atoms with Gasteiger partial charge in [0, 0.05) is 20.3 Å². The molecule has 100 valence electrons. The van der Waals surface area contributed by atoms with Crippen LogP contribution in [0.3, 0.4) is 0 Å². The van der Waals surface area contributed by atoms with Gasteiger partial charge in [0.15, 0.2) is 5.78 Å². The fraction of sp³-hybridized carbons (Fsp3) is 0.143. The second-order valence-corrected chi connectivity index (χ2v) is 4.56. The minimum Gasteiger partial charge on any atom is -0.289 e. The van der Waals surface area contributed by atoms with Gasteiger partial charge in [0.1, 0.15) is 5.52 Å². The molecule has 0 radical (unpaired) electrons. The maximum Gasteiger partial charge on any atom is 0.189 e. The third kappa shape index (κ3) is 2.23. The number of aromatic nitrogens is 5. The van der Waals surface area contributed by atoms with Crippen LogP contribution in [0.1, 0.15) is 15.9 Å². The molecule has 0 aliphatic rings. The molecule has 0 aliphatic heterocycles. The smallest absolute Gasteiger partial charge is 0.189 e. The van der Waals surface area contributed by atoms with Gasteiger partial charge in [-0.2, -0.15) is 5.10 Å². The maximum absolute atomic E-state index is 11.9. The number of rotatable bonds is 3. The summed E-state index contributed by atoms with van der Waals surface area (Å²) in [6, 6.07) is 5.76. The fourth-order valence-corrected chi connectivity index (χ4v) is 1.98. The van der Waals surface area contributed by atoms with Crippen LogP contribution in [0, 0.1) is 0 Å². The molecule has 0 saturated heterocycles. The summed E-state index contributed by atoms with van der Waals surface area (Å²) in [7, 11) is 3.62. The average molecular weight is 267 g/mol. The normalized spacial score (nSPS) is 11.5. The Bertz CT molecular complexity index is 812. The van der Waals surface area contributed by atoms with Crippen molar-refractivity contribution < 1.29 is 4.79 Å². The van der Waals surface area contributed by atoms with Gasteiger partial charge in [-0.15, -0.1) is 5.10 Å². The molecule has 0 aliphatic carbocycles. The molecule has 0 amide bonds. The molecule has 6 heteroatoms. The van der Waals surface area contributed by atoms with E-state index in [-0.39, 0.29) is 5.78 Å². The standard InChI is InChI=1S/C14H13N5O/c1-18-9-11(8-15-18)14(20)6-4-10-3-5-13-12(7-10)16-17-19(13)2/h3-9H,1-2H3/b6-4+. The molecule has 6 nitrogen and oxygen atoms in total. The van der Waals surface area contributed by atoms with E-state index < -0.39 is 0 Å². The summed E-state index contributed by atoms with van der Waals surface area (Å²) in [5, 5.41) is 12.0. The lowest BCUT2D eigenvalue weighted by molar-refractivity contribution is 0.104. The third-order valence-corrected chi connectivity index (χ3v) is 3.05. The zero-order valence-electron chi connectivity index (χ0n) is 11.2. The number of nitrogens with zero attached hydrogens (tertiary/aromatic N) is 5. The van der Waals surface area contributed by atoms with E-state index in [2.05, 4.69) is 15.4 Å². The highest BCUT2D eigenvalue weighted by atomic mass is 16.1. The van der Waals surface area contributed by atoms with E-state index in [1.54, 1.807) is 34.9 Å². The Hall–Kier alpha value is -2.76. The molecule has 2 heterocycles. The number of fused-ring (bicyclic) bond motifs is 1. The van der Waals surface area contributed by atoms with Gasteiger partial charge in [0.2, 0.25) is 0 Å². The Kier molecular flexibility index (Phi) is 2.90. The van der Waals surface area contributed by atoms with Crippen molar-refractivity contribution >= 4 is 22.9 Å². The first-order valence-corrected chi connectivity index (χ1v) is 6.14. The number of carbonyl (C=O) groups is 1. The van der Waals surface area contributed by atoms with Gasteiger partial charge in [-0.25, -0.2) is 4.68 Å². The van der Waals surface area contributed by atoms with Gasteiger partial charge < -0.3 is 0 Å². The molecular weight excluding hydrogens is 254 g/mol. The molecule has 3 aromatic rings. The van der Waals surface area contributed by atoms with Crippen LogP contribution in [0.15, 0.2) is 36.7 Å². The number of hydrogen-bond donors (Lipinski definition) is 0. The summed E-state index contributed by atoms with van der Waals surface area (Å²) in [6.07, 6.45) is 6.55. The van der Waals surface area contributed by atoms with Crippen LogP contribution >= 0.6 is 0 Å². The summed E-state index contributed by atoms with van der Waals surface area (Å²) in [4.78, 5) is 11.9. The van der Waals surface area contributed by atoms with Crippen molar-refractivity contribution in [3.05, 3.63) is 47.8 Å². The monoisotopic (exact) mass is 267 g/mol. The number of ketones is 1. The van der Waals surface area contributed by atoms with Crippen LogP contribution in [0.5, 0.6) is 0 Å². The molecule has 0 fully saturated rings. The molecule has 0 atom stereocenters. The Morgan fingerprint density at radius 2 is 2.15 bits per heavy atom. The predicted octanol–water partition coefficient (Wildman–Crippen LogP) is 1.60. The lowest BCUT2D eigenvalue weighted by Crippen LogP contribution is -1.92. The van der Waals surface area contributed by atoms with Crippen molar-refractivity contribution in [2.75, 3.05) is 0 Å². The Balaban J connectivity index is 1.85. The molecule has 0 saturated carbocycles. The topological polar surface area (TPSA) is 65.6 Å². The zero-order valence-corrected chi connectivity index (χ0v) is 11.2. The number of aryl methyl sites for hydroxylation is 2. The SMILES string of the molecule is Cn1cc(C(=O)/C=C/c2ccc3c(c2)nnn3C)cn1. The highest BCUT2D eigenvalue weighted by Crippen LogP contribution is 2.14. The predicted molar refractivity (Wildman–Crippen MR) is 75.1 cm³/mol. The Morgan fingerprint density at radius 1 is 1.30 bits per heavy atom. The minimum absolute atomic E-state index is 0.0719. The number of allylic oxidation sites excluding steroid dienone is 1. The molecule has 2 aromatic heterocycles. The van der Waals surface area contributed by atoms with Crippen molar-refractivity contribution in [1.29, 1.82) is 0 Å². The van der Waals surface area contributed by atoms with E-state index in [1.165, 1.54) is 6.08 Å². The van der Waals surface area contributed by atoms with Crippen molar-refractivity contribution in [3.8, 4) is 0 Å². The summed E-state index contributed by atoms with van der Waals surface area (Å²) < 4.78 is 3.32. The van der Waals surface area contributed by atoms with Crippen LogP contribution < -0.4 is 0 Å². The lowest BCUT2D eigenvalue weighted by Gasteiger charge is -1.94. The first kappa shape index (κ1) is 12.3. The van der Waals surface area contributed by atoms with Crippen LogP contribution in [0.25, 0.3) is 17.1 Å². The zero-order chi connectivity index (χ0) is 14.1. The quantitative estimate of drug-likeness (QED) is 0.534. The summed E-state index contributed by atoms with van der Waals surface area (Å²) >= 11 is 0. The van der Waals surface area contributed by atoms with Crippen LogP contribution in [-0.2, 0) is 14.1 Å². The van der Waals surface area contributed by atoms with Gasteiger partial charge in [-0.3, -0.25) is 9.48 Å². The van der Waals surface area contributed by atoms with E-state index in [4.69, 9.17) is 0 Å². The molecule has 0 bridgehead atoms. The van der Waals surface area contributed by atoms with E-state index in [1.807, 2.05) is 25.2 Å². The lowest BCUT2D eigenvalue weighted by atomic mass is 10.1. The molecule has 0 N–H and O–H groups in total. The molecule has 20 heavy (non-hydrogen) atoms. The number of hydrogen-bond acceptors (Lipinski definition) is 4. The van der Waals surface area contributed by atoms with E-state index in [0.717, 1.165) is 16.6 Å². The number of carbonyl (C=O) groups excluding carboxylic acids is 1. The molecular formula is C14H13N5O. The molecule has 1 aromatic carbocycles. The largest absolute Gasteiger partial charge is 0.289 e. The molecule has 0 spiro atoms. The summed E-state index contributed by atoms with van der Waals surface area (Å²) in [5.41, 5.74) is 3.25. The van der Waals surface area contributed by atoms with Crippen molar-refractivity contribution in [2.24, 2.45) is 14.1 Å². The molecule has 3 rings (SSSR count). The van der Waals surface area contributed by atoms with Gasteiger partial charge in [-0.1, -0.05) is 17.4 Å². The van der Waals surface area contributed by atoms with E-state index in [0.29, 0.717) is 5.56 Å². The highest BCUT2D eigenvalue weighted by Gasteiger charge is 2.04. The summed E-state index contributed by atoms with van der Waals surface area (Å²) in [6.45, 7) is 0. The molecule has 0 unspecified atom stereocenters. The first-order chi connectivity index (χ1) is 9.63. The minimum atomic E-state index is -0.0719. The van der Waals surface area contributed by atoms with Crippen molar-refractivity contribution in [1.82, 2.24) is 24.8 Å². The Labute approximate surface area is 115 Å². The van der Waals surface area contributed by atoms with E-state index in [9.17, 15) is 4.79 Å². The van der Waals surface area contributed by atoms with Gasteiger partial charge in [0.05, 0.1) is 17.3 Å². The van der Waals surface area contributed by atoms with E-state index >= 15 is 0 Å². The fourth-order valence-electron chi connectivity index (χ4n) is 1.98. The second-order valence-electron chi connectivity index (χ2n) is 4.56. The van der Waals surface area contributed by atoms with Gasteiger partial charge in [-0.05, 0) is 23.8 Å². The van der Waals surface area contributed by atoms with Crippen LogP contribution in [-0.4, -0.2) is 30.6 Å².